The third-order valence-corrected chi connectivity index (χ3v) is 3.54. The molecule has 2 rings (SSSR count). The van der Waals surface area contributed by atoms with Gasteiger partial charge in [0, 0.05) is 11.1 Å². The van der Waals surface area contributed by atoms with E-state index in [1.807, 2.05) is 13.8 Å². The van der Waals surface area contributed by atoms with Gasteiger partial charge in [-0.1, -0.05) is 0 Å². The maximum absolute atomic E-state index is 13.5. The van der Waals surface area contributed by atoms with Gasteiger partial charge in [0.2, 0.25) is 0 Å². The van der Waals surface area contributed by atoms with Crippen LogP contribution in [0.4, 0.5) is 8.78 Å². The lowest BCUT2D eigenvalue weighted by molar-refractivity contribution is 0.103. The third-order valence-electron chi connectivity index (χ3n) is 2.77. The minimum Gasteiger partial charge on any atom is -0.491 e. The average Bonchev–Trinajstić information content (AvgIpc) is 2.44. The maximum atomic E-state index is 13.5. The van der Waals surface area contributed by atoms with E-state index in [2.05, 4.69) is 15.9 Å². The number of carbonyl (C=O) groups is 1. The van der Waals surface area contributed by atoms with Crippen LogP contribution in [0.5, 0.6) is 5.75 Å². The van der Waals surface area contributed by atoms with Crippen LogP contribution in [0.25, 0.3) is 0 Å². The molecule has 0 atom stereocenters. The zero-order chi connectivity index (χ0) is 15.6. The fraction of sp³-hybridized carbons (Fsp3) is 0.188. The highest BCUT2D eigenvalue weighted by molar-refractivity contribution is 9.10. The third kappa shape index (κ3) is 3.47. The second-order valence-corrected chi connectivity index (χ2v) is 5.54. The Labute approximate surface area is 129 Å². The molecule has 0 aromatic heterocycles. The summed E-state index contributed by atoms with van der Waals surface area (Å²) in [6.07, 6.45) is 0.0342. The number of carbonyl (C=O) groups excluding carboxylic acids is 1. The van der Waals surface area contributed by atoms with Gasteiger partial charge in [0.25, 0.3) is 0 Å². The van der Waals surface area contributed by atoms with E-state index in [4.69, 9.17) is 4.74 Å². The van der Waals surface area contributed by atoms with E-state index in [-0.39, 0.29) is 16.1 Å². The molecule has 110 valence electrons. The molecule has 0 unspecified atom stereocenters. The van der Waals surface area contributed by atoms with E-state index in [0.717, 1.165) is 6.07 Å². The molecule has 0 aliphatic carbocycles. The van der Waals surface area contributed by atoms with Crippen molar-refractivity contribution >= 4 is 21.7 Å². The van der Waals surface area contributed by atoms with Crippen LogP contribution >= 0.6 is 15.9 Å². The molecular weight excluding hydrogens is 342 g/mol. The van der Waals surface area contributed by atoms with Crippen LogP contribution < -0.4 is 4.74 Å². The molecule has 0 bridgehead atoms. The number of ketones is 1. The van der Waals surface area contributed by atoms with Crippen LogP contribution in [0.2, 0.25) is 0 Å². The van der Waals surface area contributed by atoms with Crippen LogP contribution in [0.15, 0.2) is 40.9 Å². The van der Waals surface area contributed by atoms with Gasteiger partial charge in [0.05, 0.1) is 10.6 Å². The Morgan fingerprint density at radius 3 is 2.29 bits per heavy atom. The van der Waals surface area contributed by atoms with Crippen LogP contribution in [-0.4, -0.2) is 11.9 Å². The van der Waals surface area contributed by atoms with Gasteiger partial charge in [0.15, 0.2) is 17.4 Å². The molecule has 0 saturated heterocycles. The molecule has 0 aliphatic rings. The van der Waals surface area contributed by atoms with Crippen molar-refractivity contribution in [3.05, 3.63) is 63.6 Å². The second-order valence-electron chi connectivity index (χ2n) is 4.74. The fourth-order valence-corrected chi connectivity index (χ4v) is 2.32. The van der Waals surface area contributed by atoms with Gasteiger partial charge in [-0.05, 0) is 66.2 Å². The van der Waals surface area contributed by atoms with Crippen molar-refractivity contribution in [3.63, 3.8) is 0 Å². The monoisotopic (exact) mass is 354 g/mol. The minimum absolute atomic E-state index is 0.0342. The van der Waals surface area contributed by atoms with Gasteiger partial charge in [-0.2, -0.15) is 0 Å². The molecular formula is C16H13BrF2O2. The number of ether oxygens (including phenoxy) is 1. The summed E-state index contributed by atoms with van der Waals surface area (Å²) < 4.78 is 31.9. The Bertz CT molecular complexity index is 667. The van der Waals surface area contributed by atoms with E-state index in [1.54, 1.807) is 24.3 Å². The molecule has 0 saturated carbocycles. The number of rotatable bonds is 4. The van der Waals surface area contributed by atoms with E-state index < -0.39 is 17.4 Å². The van der Waals surface area contributed by atoms with Crippen molar-refractivity contribution in [1.82, 2.24) is 0 Å². The summed E-state index contributed by atoms with van der Waals surface area (Å²) in [5, 5.41) is 0. The van der Waals surface area contributed by atoms with Crippen molar-refractivity contribution in [3.8, 4) is 5.75 Å². The van der Waals surface area contributed by atoms with Crippen LogP contribution in [0.1, 0.15) is 29.8 Å². The first-order valence-electron chi connectivity index (χ1n) is 6.35. The number of hydrogen-bond acceptors (Lipinski definition) is 2. The Balaban J connectivity index is 2.30. The molecule has 2 aromatic carbocycles. The van der Waals surface area contributed by atoms with Crippen molar-refractivity contribution in [2.45, 2.75) is 20.0 Å². The standard InChI is InChI=1S/C16H13BrF2O2/c1-9(2)21-11-5-3-10(4-6-11)16(20)12-7-8-13(18)15(19)14(12)17/h3-9H,1-2H3. The quantitative estimate of drug-likeness (QED) is 0.585. The number of halogens is 3. The average molecular weight is 355 g/mol. The molecule has 5 heteroatoms. The summed E-state index contributed by atoms with van der Waals surface area (Å²) in [5.41, 5.74) is 0.448. The Morgan fingerprint density at radius 2 is 1.71 bits per heavy atom. The van der Waals surface area contributed by atoms with E-state index in [9.17, 15) is 13.6 Å². The van der Waals surface area contributed by atoms with Crippen molar-refractivity contribution in [1.29, 1.82) is 0 Å². The lowest BCUT2D eigenvalue weighted by Crippen LogP contribution is -2.07. The molecule has 0 fully saturated rings. The largest absolute Gasteiger partial charge is 0.491 e. The molecule has 2 nitrogen and oxygen atoms in total. The molecule has 2 aromatic rings. The molecule has 0 radical (unpaired) electrons. The Morgan fingerprint density at radius 1 is 1.10 bits per heavy atom. The van der Waals surface area contributed by atoms with Crippen LogP contribution in [-0.2, 0) is 0 Å². The Hall–Kier alpha value is -1.75. The zero-order valence-corrected chi connectivity index (χ0v) is 13.1. The van der Waals surface area contributed by atoms with Crippen molar-refractivity contribution < 1.29 is 18.3 Å². The first-order chi connectivity index (χ1) is 9.90. The zero-order valence-electron chi connectivity index (χ0n) is 11.5. The summed E-state index contributed by atoms with van der Waals surface area (Å²) >= 11 is 2.92. The predicted molar refractivity (Wildman–Crippen MR) is 79.7 cm³/mol. The van der Waals surface area contributed by atoms with Gasteiger partial charge in [-0.15, -0.1) is 0 Å². The van der Waals surface area contributed by atoms with Crippen LogP contribution in [0, 0.1) is 11.6 Å². The fourth-order valence-electron chi connectivity index (χ4n) is 1.81. The Kier molecular flexibility index (Phi) is 4.73. The SMILES string of the molecule is CC(C)Oc1ccc(C(=O)c2ccc(F)c(F)c2Br)cc1. The molecule has 0 amide bonds. The maximum Gasteiger partial charge on any atom is 0.194 e. The predicted octanol–water partition coefficient (Wildman–Crippen LogP) is 4.75. The van der Waals surface area contributed by atoms with Gasteiger partial charge < -0.3 is 4.74 Å². The molecule has 0 N–H and O–H groups in total. The van der Waals surface area contributed by atoms with Crippen molar-refractivity contribution in [2.24, 2.45) is 0 Å². The molecule has 0 heterocycles. The first-order valence-corrected chi connectivity index (χ1v) is 7.14. The summed E-state index contributed by atoms with van der Waals surface area (Å²) in [6.45, 7) is 3.80. The minimum atomic E-state index is -1.07. The molecule has 0 aliphatic heterocycles. The van der Waals surface area contributed by atoms with E-state index >= 15 is 0 Å². The highest BCUT2D eigenvalue weighted by Crippen LogP contribution is 2.26. The second kappa shape index (κ2) is 6.35. The topological polar surface area (TPSA) is 26.3 Å². The van der Waals surface area contributed by atoms with Gasteiger partial charge in [-0.3, -0.25) is 4.79 Å². The first kappa shape index (κ1) is 15.6. The lowest BCUT2D eigenvalue weighted by atomic mass is 10.0. The number of hydrogen-bond donors (Lipinski definition) is 0. The van der Waals surface area contributed by atoms with Gasteiger partial charge in [-0.25, -0.2) is 8.78 Å². The lowest BCUT2D eigenvalue weighted by Gasteiger charge is -2.10. The molecule has 21 heavy (non-hydrogen) atoms. The van der Waals surface area contributed by atoms with Gasteiger partial charge >= 0.3 is 0 Å². The summed E-state index contributed by atoms with van der Waals surface area (Å²) in [6, 6.07) is 8.70. The molecule has 0 spiro atoms. The van der Waals surface area contributed by atoms with Gasteiger partial charge in [0.1, 0.15) is 5.75 Å². The normalized spacial score (nSPS) is 10.8. The smallest absolute Gasteiger partial charge is 0.194 e. The highest BCUT2D eigenvalue weighted by atomic mass is 79.9. The highest BCUT2D eigenvalue weighted by Gasteiger charge is 2.18. The summed E-state index contributed by atoms with van der Waals surface area (Å²) in [5.74, 6) is -1.82. The van der Waals surface area contributed by atoms with E-state index in [1.165, 1.54) is 6.07 Å². The summed E-state index contributed by atoms with van der Waals surface area (Å²) in [7, 11) is 0. The van der Waals surface area contributed by atoms with Crippen molar-refractivity contribution in [2.75, 3.05) is 0 Å². The van der Waals surface area contributed by atoms with Crippen LogP contribution in [0.3, 0.4) is 0 Å². The summed E-state index contributed by atoms with van der Waals surface area (Å²) in [4.78, 5) is 12.3. The number of benzene rings is 2. The van der Waals surface area contributed by atoms with E-state index in [0.29, 0.717) is 11.3 Å².